The third kappa shape index (κ3) is 3.71. The Morgan fingerprint density at radius 2 is 1.44 bits per heavy atom. The molecule has 0 amide bonds. The molecule has 0 fully saturated rings. The third-order valence-electron chi connectivity index (χ3n) is 3.42. The molecular formula is C17H21N. The predicted octanol–water partition coefficient (Wildman–Crippen LogP) is 3.75. The molecule has 0 radical (unpaired) electrons. The summed E-state index contributed by atoms with van der Waals surface area (Å²) in [5.41, 5.74) is 8.67. The van der Waals surface area contributed by atoms with Gasteiger partial charge in [0.1, 0.15) is 0 Å². The average Bonchev–Trinajstić information content (AvgIpc) is 2.46. The number of nitrogens with two attached hydrogens (primary N) is 1. The van der Waals surface area contributed by atoms with Gasteiger partial charge in [-0.15, -0.1) is 0 Å². The summed E-state index contributed by atoms with van der Waals surface area (Å²) in [6, 6.07) is 21.3. The van der Waals surface area contributed by atoms with Gasteiger partial charge in [0, 0.05) is 0 Å². The van der Waals surface area contributed by atoms with Crippen LogP contribution >= 0.6 is 0 Å². The maximum Gasteiger partial charge on any atom is -0.000824 e. The normalized spacial score (nSPS) is 12.3. The van der Waals surface area contributed by atoms with E-state index in [0.29, 0.717) is 5.92 Å². The van der Waals surface area contributed by atoms with Gasteiger partial charge in [-0.05, 0) is 42.9 Å². The first-order valence-electron chi connectivity index (χ1n) is 6.69. The van der Waals surface area contributed by atoms with Gasteiger partial charge in [-0.25, -0.2) is 0 Å². The Morgan fingerprint density at radius 1 is 0.833 bits per heavy atom. The summed E-state index contributed by atoms with van der Waals surface area (Å²) < 4.78 is 0. The Balaban J connectivity index is 1.85. The van der Waals surface area contributed by atoms with E-state index in [1.807, 2.05) is 0 Å². The first-order valence-corrected chi connectivity index (χ1v) is 6.69. The van der Waals surface area contributed by atoms with Crippen LogP contribution in [0.15, 0.2) is 60.7 Å². The lowest BCUT2D eigenvalue weighted by atomic mass is 9.93. The minimum atomic E-state index is 0.495. The number of rotatable bonds is 6. The lowest BCUT2D eigenvalue weighted by Crippen LogP contribution is -2.12. The molecule has 0 saturated heterocycles. The van der Waals surface area contributed by atoms with Gasteiger partial charge < -0.3 is 5.73 Å². The van der Waals surface area contributed by atoms with Crippen molar-refractivity contribution in [2.45, 2.75) is 25.2 Å². The Labute approximate surface area is 110 Å². The first-order chi connectivity index (χ1) is 8.90. The summed E-state index contributed by atoms with van der Waals surface area (Å²) in [6.07, 6.45) is 3.50. The summed E-state index contributed by atoms with van der Waals surface area (Å²) in [5, 5.41) is 0. The maximum atomic E-state index is 5.88. The first kappa shape index (κ1) is 12.8. The van der Waals surface area contributed by atoms with Gasteiger partial charge in [0.25, 0.3) is 0 Å². The fraction of sp³-hybridized carbons (Fsp3) is 0.294. The summed E-state index contributed by atoms with van der Waals surface area (Å²) >= 11 is 0. The topological polar surface area (TPSA) is 26.0 Å². The minimum Gasteiger partial charge on any atom is -0.330 e. The van der Waals surface area contributed by atoms with Crippen LogP contribution in [0, 0.1) is 0 Å². The van der Waals surface area contributed by atoms with Crippen molar-refractivity contribution in [3.63, 3.8) is 0 Å². The molecule has 1 heteroatoms. The van der Waals surface area contributed by atoms with Crippen LogP contribution in [0.2, 0.25) is 0 Å². The molecule has 0 aliphatic carbocycles. The zero-order valence-corrected chi connectivity index (χ0v) is 10.8. The lowest BCUT2D eigenvalue weighted by molar-refractivity contribution is 0.599. The second-order valence-electron chi connectivity index (χ2n) is 4.72. The molecule has 2 aromatic carbocycles. The Hall–Kier alpha value is -1.60. The van der Waals surface area contributed by atoms with Crippen LogP contribution in [0.1, 0.15) is 29.9 Å². The molecule has 0 unspecified atom stereocenters. The second-order valence-corrected chi connectivity index (χ2v) is 4.72. The van der Waals surface area contributed by atoms with E-state index in [4.69, 9.17) is 5.73 Å². The highest BCUT2D eigenvalue weighted by Crippen LogP contribution is 2.20. The molecular weight excluding hydrogens is 218 g/mol. The van der Waals surface area contributed by atoms with Crippen LogP contribution in [0.5, 0.6) is 0 Å². The zero-order valence-electron chi connectivity index (χ0n) is 10.8. The highest BCUT2D eigenvalue weighted by Gasteiger charge is 2.08. The van der Waals surface area contributed by atoms with E-state index >= 15 is 0 Å². The molecule has 0 bridgehead atoms. The largest absolute Gasteiger partial charge is 0.330 e. The van der Waals surface area contributed by atoms with Crippen molar-refractivity contribution in [2.24, 2.45) is 5.73 Å². The molecule has 2 aromatic rings. The highest BCUT2D eigenvalue weighted by atomic mass is 14.5. The quantitative estimate of drug-likeness (QED) is 0.816. The third-order valence-corrected chi connectivity index (χ3v) is 3.42. The molecule has 94 valence electrons. The molecule has 0 aliphatic rings. The highest BCUT2D eigenvalue weighted by molar-refractivity contribution is 5.20. The van der Waals surface area contributed by atoms with Crippen molar-refractivity contribution < 1.29 is 0 Å². The molecule has 18 heavy (non-hydrogen) atoms. The molecule has 0 spiro atoms. The van der Waals surface area contributed by atoms with Crippen LogP contribution in [0.3, 0.4) is 0 Å². The predicted molar refractivity (Wildman–Crippen MR) is 77.6 cm³/mol. The number of hydrogen-bond acceptors (Lipinski definition) is 1. The smallest absolute Gasteiger partial charge is 0.000824 e. The summed E-state index contributed by atoms with van der Waals surface area (Å²) in [5.74, 6) is 0.495. The summed E-state index contributed by atoms with van der Waals surface area (Å²) in [6.45, 7) is 0.735. The van der Waals surface area contributed by atoms with Crippen LogP contribution < -0.4 is 5.73 Å². The van der Waals surface area contributed by atoms with Crippen molar-refractivity contribution in [1.82, 2.24) is 0 Å². The van der Waals surface area contributed by atoms with Gasteiger partial charge >= 0.3 is 0 Å². The van der Waals surface area contributed by atoms with Gasteiger partial charge in [0.05, 0.1) is 0 Å². The van der Waals surface area contributed by atoms with Crippen LogP contribution in [0.25, 0.3) is 0 Å². The van der Waals surface area contributed by atoms with Crippen LogP contribution in [-0.4, -0.2) is 6.54 Å². The van der Waals surface area contributed by atoms with E-state index in [9.17, 15) is 0 Å². The molecule has 2 rings (SSSR count). The van der Waals surface area contributed by atoms with Crippen molar-refractivity contribution in [3.05, 3.63) is 71.8 Å². The van der Waals surface area contributed by atoms with E-state index in [0.717, 1.165) is 19.4 Å². The van der Waals surface area contributed by atoms with Crippen molar-refractivity contribution >= 4 is 0 Å². The molecule has 0 aromatic heterocycles. The van der Waals surface area contributed by atoms with E-state index in [2.05, 4.69) is 60.7 Å². The van der Waals surface area contributed by atoms with E-state index < -0.39 is 0 Å². The maximum absolute atomic E-state index is 5.88. The Kier molecular flexibility index (Phi) is 4.98. The van der Waals surface area contributed by atoms with Crippen LogP contribution in [0.4, 0.5) is 0 Å². The number of hydrogen-bond donors (Lipinski definition) is 1. The molecule has 0 saturated carbocycles. The van der Waals surface area contributed by atoms with Crippen molar-refractivity contribution in [1.29, 1.82) is 0 Å². The van der Waals surface area contributed by atoms with E-state index in [-0.39, 0.29) is 0 Å². The lowest BCUT2D eigenvalue weighted by Gasteiger charge is -2.14. The second kappa shape index (κ2) is 6.97. The zero-order chi connectivity index (χ0) is 12.6. The number of aryl methyl sites for hydroxylation is 1. The van der Waals surface area contributed by atoms with Gasteiger partial charge in [0.2, 0.25) is 0 Å². The van der Waals surface area contributed by atoms with Gasteiger partial charge in [0.15, 0.2) is 0 Å². The van der Waals surface area contributed by atoms with Gasteiger partial charge in [-0.2, -0.15) is 0 Å². The monoisotopic (exact) mass is 239 g/mol. The molecule has 0 heterocycles. The van der Waals surface area contributed by atoms with E-state index in [1.165, 1.54) is 17.5 Å². The van der Waals surface area contributed by atoms with Gasteiger partial charge in [-0.1, -0.05) is 60.7 Å². The number of benzene rings is 2. The van der Waals surface area contributed by atoms with Gasteiger partial charge in [-0.3, -0.25) is 0 Å². The molecule has 1 nitrogen and oxygen atoms in total. The fourth-order valence-corrected chi connectivity index (χ4v) is 2.34. The molecule has 0 aliphatic heterocycles. The molecule has 2 N–H and O–H groups in total. The standard InChI is InChI=1S/C17H21N/c18-14-17(16-11-5-2-6-12-16)13-7-10-15-8-3-1-4-9-15/h1-6,8-9,11-12,17H,7,10,13-14,18H2/t17-/m0/s1. The fourth-order valence-electron chi connectivity index (χ4n) is 2.34. The Morgan fingerprint density at radius 3 is 2.06 bits per heavy atom. The summed E-state index contributed by atoms with van der Waals surface area (Å²) in [4.78, 5) is 0. The van der Waals surface area contributed by atoms with Crippen molar-refractivity contribution in [2.75, 3.05) is 6.54 Å². The summed E-state index contributed by atoms with van der Waals surface area (Å²) in [7, 11) is 0. The SMILES string of the molecule is NC[C@H](CCCc1ccccc1)c1ccccc1. The van der Waals surface area contributed by atoms with E-state index in [1.54, 1.807) is 0 Å². The Bertz CT molecular complexity index is 436. The van der Waals surface area contributed by atoms with Crippen LogP contribution in [-0.2, 0) is 6.42 Å². The molecule has 1 atom stereocenters. The average molecular weight is 239 g/mol. The van der Waals surface area contributed by atoms with Crippen molar-refractivity contribution in [3.8, 4) is 0 Å². The minimum absolute atomic E-state index is 0.495.